The zero-order chi connectivity index (χ0) is 12.4. The number of rotatable bonds is 3. The molecule has 0 radical (unpaired) electrons. The van der Waals surface area contributed by atoms with Crippen LogP contribution in [0, 0.1) is 12.8 Å². The minimum Gasteiger partial charge on any atom is -0.481 e. The molecule has 0 aliphatic carbocycles. The Morgan fingerprint density at radius 2 is 2.35 bits per heavy atom. The monoisotopic (exact) mass is 239 g/mol. The van der Waals surface area contributed by atoms with Crippen molar-refractivity contribution in [2.45, 2.75) is 25.9 Å². The maximum Gasteiger partial charge on any atom is 0.217 e. The molecule has 0 spiro atoms. The average molecular weight is 239 g/mol. The van der Waals surface area contributed by atoms with Crippen LogP contribution in [-0.2, 0) is 11.8 Å². The Labute approximate surface area is 102 Å². The van der Waals surface area contributed by atoms with Crippen molar-refractivity contribution in [3.05, 3.63) is 11.3 Å². The van der Waals surface area contributed by atoms with Gasteiger partial charge >= 0.3 is 0 Å². The molecule has 2 rings (SSSR count). The molecule has 96 valence electrons. The topological polar surface area (TPSA) is 62.3 Å². The molecule has 2 atom stereocenters. The normalized spacial score (nSPS) is 24.9. The highest BCUT2D eigenvalue weighted by atomic mass is 16.5. The van der Waals surface area contributed by atoms with Gasteiger partial charge < -0.3 is 15.2 Å². The predicted molar refractivity (Wildman–Crippen MR) is 65.0 cm³/mol. The lowest BCUT2D eigenvalue weighted by atomic mass is 9.89. The van der Waals surface area contributed by atoms with Crippen LogP contribution >= 0.6 is 0 Å². The van der Waals surface area contributed by atoms with Gasteiger partial charge in [0.25, 0.3) is 0 Å². The van der Waals surface area contributed by atoms with Crippen molar-refractivity contribution in [3.63, 3.8) is 0 Å². The van der Waals surface area contributed by atoms with Crippen molar-refractivity contribution < 1.29 is 9.47 Å². The number of nitrogens with zero attached hydrogens (tertiary/aromatic N) is 2. The molecule has 1 aliphatic rings. The number of ether oxygens (including phenoxy) is 2. The molecule has 0 saturated carbocycles. The molecule has 5 nitrogen and oxygen atoms in total. The van der Waals surface area contributed by atoms with E-state index in [0.717, 1.165) is 36.6 Å². The first-order chi connectivity index (χ1) is 8.19. The molecule has 1 aromatic heterocycles. The van der Waals surface area contributed by atoms with E-state index in [9.17, 15) is 0 Å². The van der Waals surface area contributed by atoms with Gasteiger partial charge in [-0.05, 0) is 26.3 Å². The summed E-state index contributed by atoms with van der Waals surface area (Å²) in [5, 5.41) is 4.40. The number of hydrogen-bond acceptors (Lipinski definition) is 4. The largest absolute Gasteiger partial charge is 0.481 e. The number of aryl methyl sites for hydroxylation is 2. The molecular weight excluding hydrogens is 218 g/mol. The van der Waals surface area contributed by atoms with E-state index in [2.05, 4.69) is 5.10 Å². The first-order valence-electron chi connectivity index (χ1n) is 6.08. The molecule has 0 amide bonds. The van der Waals surface area contributed by atoms with Crippen molar-refractivity contribution in [3.8, 4) is 5.88 Å². The third-order valence-electron chi connectivity index (χ3n) is 3.44. The number of aromatic nitrogens is 2. The summed E-state index contributed by atoms with van der Waals surface area (Å²) in [4.78, 5) is 0. The molecule has 17 heavy (non-hydrogen) atoms. The smallest absolute Gasteiger partial charge is 0.217 e. The van der Waals surface area contributed by atoms with Crippen molar-refractivity contribution >= 4 is 0 Å². The lowest BCUT2D eigenvalue weighted by Gasteiger charge is -2.31. The van der Waals surface area contributed by atoms with Gasteiger partial charge in [-0.25, -0.2) is 4.68 Å². The Kier molecular flexibility index (Phi) is 3.69. The minimum atomic E-state index is 0.0254. The summed E-state index contributed by atoms with van der Waals surface area (Å²) in [6.07, 6.45) is 2.22. The van der Waals surface area contributed by atoms with Crippen molar-refractivity contribution in [1.82, 2.24) is 9.78 Å². The van der Waals surface area contributed by atoms with E-state index in [1.54, 1.807) is 11.8 Å². The van der Waals surface area contributed by atoms with Crippen LogP contribution in [0.15, 0.2) is 0 Å². The lowest BCUT2D eigenvalue weighted by molar-refractivity contribution is -0.0267. The van der Waals surface area contributed by atoms with E-state index in [1.807, 2.05) is 14.0 Å². The quantitative estimate of drug-likeness (QED) is 0.860. The van der Waals surface area contributed by atoms with Gasteiger partial charge in [0.05, 0.1) is 24.5 Å². The summed E-state index contributed by atoms with van der Waals surface area (Å²) in [6.45, 7) is 3.42. The van der Waals surface area contributed by atoms with Crippen LogP contribution in [0.1, 0.15) is 30.2 Å². The van der Waals surface area contributed by atoms with Crippen molar-refractivity contribution in [2.24, 2.45) is 18.7 Å². The first kappa shape index (κ1) is 12.4. The molecule has 5 heteroatoms. The summed E-state index contributed by atoms with van der Waals surface area (Å²) >= 11 is 0. The molecule has 2 N–H and O–H groups in total. The second-order valence-electron chi connectivity index (χ2n) is 4.56. The molecule has 1 saturated heterocycles. The Morgan fingerprint density at radius 1 is 1.59 bits per heavy atom. The highest BCUT2D eigenvalue weighted by Gasteiger charge is 2.32. The maximum atomic E-state index is 5.89. The Balaban J connectivity index is 2.37. The number of nitrogens with two attached hydrogens (primary N) is 1. The zero-order valence-corrected chi connectivity index (χ0v) is 10.8. The van der Waals surface area contributed by atoms with Crippen LogP contribution in [-0.4, -0.2) is 30.0 Å². The van der Waals surface area contributed by atoms with E-state index >= 15 is 0 Å². The summed E-state index contributed by atoms with van der Waals surface area (Å²) in [5.74, 6) is 1.15. The van der Waals surface area contributed by atoms with E-state index in [1.165, 1.54) is 0 Å². The fourth-order valence-corrected chi connectivity index (χ4v) is 2.63. The van der Waals surface area contributed by atoms with Gasteiger partial charge in [0.1, 0.15) is 0 Å². The lowest BCUT2D eigenvalue weighted by Crippen LogP contribution is -2.29. The second-order valence-corrected chi connectivity index (χ2v) is 4.56. The summed E-state index contributed by atoms with van der Waals surface area (Å²) < 4.78 is 13.1. The molecule has 1 aromatic rings. The Hall–Kier alpha value is -1.07. The molecule has 1 aliphatic heterocycles. The van der Waals surface area contributed by atoms with Crippen LogP contribution in [0.3, 0.4) is 0 Å². The third-order valence-corrected chi connectivity index (χ3v) is 3.44. The molecule has 2 unspecified atom stereocenters. The molecular formula is C12H21N3O2. The van der Waals surface area contributed by atoms with Crippen LogP contribution in [0.4, 0.5) is 0 Å². The SMILES string of the molecule is COc1c(C2OCCCC2CN)c(C)nn1C. The minimum absolute atomic E-state index is 0.0254. The van der Waals surface area contributed by atoms with Crippen LogP contribution in [0.5, 0.6) is 5.88 Å². The Bertz CT molecular complexity index is 389. The van der Waals surface area contributed by atoms with Gasteiger partial charge in [0, 0.05) is 19.6 Å². The van der Waals surface area contributed by atoms with Gasteiger partial charge in [-0.1, -0.05) is 0 Å². The van der Waals surface area contributed by atoms with Gasteiger partial charge in [0.15, 0.2) is 0 Å². The molecule has 1 fully saturated rings. The summed E-state index contributed by atoms with van der Waals surface area (Å²) in [7, 11) is 3.55. The van der Waals surface area contributed by atoms with Gasteiger partial charge in [-0.15, -0.1) is 0 Å². The number of hydrogen-bond donors (Lipinski definition) is 1. The van der Waals surface area contributed by atoms with E-state index < -0.39 is 0 Å². The van der Waals surface area contributed by atoms with Crippen molar-refractivity contribution in [2.75, 3.05) is 20.3 Å². The standard InChI is InChI=1S/C12H21N3O2/c1-8-10(12(16-3)15(2)14-8)11-9(7-13)5-4-6-17-11/h9,11H,4-7,13H2,1-3H3. The van der Waals surface area contributed by atoms with Gasteiger partial charge in [-0.2, -0.15) is 5.10 Å². The molecule has 2 heterocycles. The summed E-state index contributed by atoms with van der Waals surface area (Å²) in [5.41, 5.74) is 7.86. The second kappa shape index (κ2) is 5.06. The van der Waals surface area contributed by atoms with E-state index in [-0.39, 0.29) is 6.10 Å². The highest BCUT2D eigenvalue weighted by molar-refractivity contribution is 5.34. The highest BCUT2D eigenvalue weighted by Crippen LogP contribution is 2.39. The van der Waals surface area contributed by atoms with Crippen LogP contribution in [0.25, 0.3) is 0 Å². The van der Waals surface area contributed by atoms with E-state index in [4.69, 9.17) is 15.2 Å². The van der Waals surface area contributed by atoms with Crippen LogP contribution < -0.4 is 10.5 Å². The third kappa shape index (κ3) is 2.17. The average Bonchev–Trinajstić information content (AvgIpc) is 2.63. The fraction of sp³-hybridized carbons (Fsp3) is 0.750. The van der Waals surface area contributed by atoms with Gasteiger partial charge in [0.2, 0.25) is 5.88 Å². The van der Waals surface area contributed by atoms with Gasteiger partial charge in [-0.3, -0.25) is 0 Å². The summed E-state index contributed by atoms with van der Waals surface area (Å²) in [6, 6.07) is 0. The molecule has 0 aromatic carbocycles. The fourth-order valence-electron chi connectivity index (χ4n) is 2.63. The van der Waals surface area contributed by atoms with E-state index in [0.29, 0.717) is 12.5 Å². The first-order valence-corrected chi connectivity index (χ1v) is 6.08. The molecule has 0 bridgehead atoms. The van der Waals surface area contributed by atoms with Crippen molar-refractivity contribution in [1.29, 1.82) is 0 Å². The Morgan fingerprint density at radius 3 is 3.00 bits per heavy atom. The predicted octanol–water partition coefficient (Wildman–Crippen LogP) is 1.16. The zero-order valence-electron chi connectivity index (χ0n) is 10.8. The van der Waals surface area contributed by atoms with Crippen LogP contribution in [0.2, 0.25) is 0 Å². The number of methoxy groups -OCH3 is 1. The maximum absolute atomic E-state index is 5.89.